The quantitative estimate of drug-likeness (QED) is 0.858. The average Bonchev–Trinajstić information content (AvgIpc) is 2.48. The van der Waals surface area contributed by atoms with E-state index in [1.165, 1.54) is 4.90 Å². The molecule has 1 fully saturated rings. The van der Waals surface area contributed by atoms with E-state index in [0.29, 0.717) is 19.8 Å². The zero-order valence-corrected chi connectivity index (χ0v) is 12.0. The maximum atomic E-state index is 12.0. The predicted octanol–water partition coefficient (Wildman–Crippen LogP) is 2.00. The van der Waals surface area contributed by atoms with Crippen LogP contribution in [-0.2, 0) is 14.3 Å². The Balaban J connectivity index is 1.91. The Kier molecular flexibility index (Phi) is 5.24. The van der Waals surface area contributed by atoms with Crippen LogP contribution in [0.15, 0.2) is 29.2 Å². The highest BCUT2D eigenvalue weighted by Crippen LogP contribution is 2.19. The molecule has 104 valence electrons. The van der Waals surface area contributed by atoms with Crippen molar-refractivity contribution in [2.24, 2.45) is 0 Å². The second-order valence-electron chi connectivity index (χ2n) is 4.44. The molecule has 0 spiro atoms. The van der Waals surface area contributed by atoms with Gasteiger partial charge in [0.25, 0.3) is 5.91 Å². The fourth-order valence-corrected chi connectivity index (χ4v) is 2.33. The van der Waals surface area contributed by atoms with Crippen molar-refractivity contribution in [1.82, 2.24) is 5.32 Å². The molecular weight excluding hydrogens is 262 g/mol. The summed E-state index contributed by atoms with van der Waals surface area (Å²) in [6.45, 7) is 3.35. The van der Waals surface area contributed by atoms with Crippen LogP contribution < -0.4 is 5.32 Å². The summed E-state index contributed by atoms with van der Waals surface area (Å²) in [5.41, 5.74) is 1.09. The minimum atomic E-state index is -0.485. The molecule has 0 aliphatic carbocycles. The van der Waals surface area contributed by atoms with Crippen LogP contribution in [0, 0.1) is 0 Å². The fourth-order valence-electron chi connectivity index (χ4n) is 1.92. The van der Waals surface area contributed by atoms with Gasteiger partial charge in [-0.1, -0.05) is 12.1 Å². The van der Waals surface area contributed by atoms with Gasteiger partial charge in [0, 0.05) is 4.90 Å². The molecule has 0 saturated carbocycles. The molecule has 19 heavy (non-hydrogen) atoms. The Labute approximate surface area is 117 Å². The minimum absolute atomic E-state index is 0.0334. The predicted molar refractivity (Wildman–Crippen MR) is 75.3 cm³/mol. The second-order valence-corrected chi connectivity index (χ2v) is 5.32. The Bertz CT molecular complexity index is 415. The number of rotatable bonds is 4. The van der Waals surface area contributed by atoms with Crippen LogP contribution >= 0.6 is 11.8 Å². The lowest BCUT2D eigenvalue weighted by Gasteiger charge is -2.24. The topological polar surface area (TPSA) is 47.6 Å². The number of ether oxygens (including phenoxy) is 2. The first kappa shape index (κ1) is 14.4. The first-order valence-corrected chi connectivity index (χ1v) is 7.57. The van der Waals surface area contributed by atoms with Crippen molar-refractivity contribution in [2.75, 3.05) is 26.1 Å². The normalized spacial score (nSPS) is 20.8. The molecule has 1 aliphatic rings. The van der Waals surface area contributed by atoms with Crippen LogP contribution in [0.25, 0.3) is 0 Å². The van der Waals surface area contributed by atoms with Crippen molar-refractivity contribution in [3.8, 4) is 0 Å². The van der Waals surface area contributed by atoms with E-state index >= 15 is 0 Å². The Morgan fingerprint density at radius 1 is 1.37 bits per heavy atom. The first-order valence-electron chi connectivity index (χ1n) is 6.34. The van der Waals surface area contributed by atoms with Crippen molar-refractivity contribution in [1.29, 1.82) is 0 Å². The lowest BCUT2D eigenvalue weighted by molar-refractivity contribution is -0.148. The third-order valence-electron chi connectivity index (χ3n) is 3.08. The largest absolute Gasteiger partial charge is 0.376 e. The summed E-state index contributed by atoms with van der Waals surface area (Å²) in [4.78, 5) is 13.2. The van der Waals surface area contributed by atoms with Crippen molar-refractivity contribution in [2.45, 2.75) is 24.0 Å². The van der Waals surface area contributed by atoms with E-state index in [-0.39, 0.29) is 11.9 Å². The highest BCUT2D eigenvalue weighted by Gasteiger charge is 2.23. The highest BCUT2D eigenvalue weighted by atomic mass is 32.2. The molecule has 2 rings (SSSR count). The van der Waals surface area contributed by atoms with E-state index in [4.69, 9.17) is 9.47 Å². The summed E-state index contributed by atoms with van der Waals surface area (Å²) in [6.07, 6.45) is 1.56. The smallest absolute Gasteiger partial charge is 0.252 e. The zero-order chi connectivity index (χ0) is 13.7. The number of thioether (sulfide) groups is 1. The van der Waals surface area contributed by atoms with Crippen molar-refractivity contribution in [3.63, 3.8) is 0 Å². The molecule has 1 saturated heterocycles. The van der Waals surface area contributed by atoms with Crippen LogP contribution in [-0.4, -0.2) is 38.1 Å². The molecular formula is C14H19NO3S. The SMILES string of the molecule is CSc1ccc(C(C)NC(=O)C2COCCO2)cc1. The number of amides is 1. The number of nitrogens with one attached hydrogen (secondary N) is 1. The van der Waals surface area contributed by atoms with E-state index in [1.54, 1.807) is 11.8 Å². The number of hydrogen-bond donors (Lipinski definition) is 1. The molecule has 0 bridgehead atoms. The molecule has 1 aliphatic heterocycles. The van der Waals surface area contributed by atoms with E-state index in [0.717, 1.165) is 5.56 Å². The molecule has 5 heteroatoms. The number of hydrogen-bond acceptors (Lipinski definition) is 4. The molecule has 4 nitrogen and oxygen atoms in total. The van der Waals surface area contributed by atoms with E-state index in [2.05, 4.69) is 17.4 Å². The van der Waals surface area contributed by atoms with Gasteiger partial charge < -0.3 is 14.8 Å². The second kappa shape index (κ2) is 6.93. The summed E-state index contributed by atoms with van der Waals surface area (Å²) in [5.74, 6) is -0.110. The van der Waals surface area contributed by atoms with Crippen LogP contribution in [0.2, 0.25) is 0 Å². The molecule has 1 aromatic carbocycles. The average molecular weight is 281 g/mol. The van der Waals surface area contributed by atoms with Crippen molar-refractivity contribution < 1.29 is 14.3 Å². The van der Waals surface area contributed by atoms with Gasteiger partial charge in [0.15, 0.2) is 6.10 Å². The number of benzene rings is 1. The van der Waals surface area contributed by atoms with Crippen LogP contribution in [0.4, 0.5) is 0 Å². The van der Waals surface area contributed by atoms with Crippen LogP contribution in [0.5, 0.6) is 0 Å². The monoisotopic (exact) mass is 281 g/mol. The third-order valence-corrected chi connectivity index (χ3v) is 3.83. The summed E-state index contributed by atoms with van der Waals surface area (Å²) in [6, 6.07) is 8.16. The lowest BCUT2D eigenvalue weighted by Crippen LogP contribution is -2.43. The maximum Gasteiger partial charge on any atom is 0.252 e. The lowest BCUT2D eigenvalue weighted by atomic mass is 10.1. The van der Waals surface area contributed by atoms with Crippen LogP contribution in [0.3, 0.4) is 0 Å². The van der Waals surface area contributed by atoms with E-state index < -0.39 is 6.10 Å². The number of carbonyl (C=O) groups excluding carboxylic acids is 1. The standard InChI is InChI=1S/C14H19NO3S/c1-10(11-3-5-12(19-2)6-4-11)15-14(16)13-9-17-7-8-18-13/h3-6,10,13H,7-9H2,1-2H3,(H,15,16). The van der Waals surface area contributed by atoms with Gasteiger partial charge in [-0.05, 0) is 30.9 Å². The highest BCUT2D eigenvalue weighted by molar-refractivity contribution is 7.98. The molecule has 1 heterocycles. The molecule has 2 unspecified atom stereocenters. The molecule has 0 radical (unpaired) electrons. The molecule has 1 aromatic rings. The van der Waals surface area contributed by atoms with Gasteiger partial charge in [-0.3, -0.25) is 4.79 Å². The van der Waals surface area contributed by atoms with E-state index in [9.17, 15) is 4.79 Å². The van der Waals surface area contributed by atoms with E-state index in [1.807, 2.05) is 25.3 Å². The summed E-state index contributed by atoms with van der Waals surface area (Å²) >= 11 is 1.70. The summed E-state index contributed by atoms with van der Waals surface area (Å²) < 4.78 is 10.6. The molecule has 2 atom stereocenters. The fraction of sp³-hybridized carbons (Fsp3) is 0.500. The van der Waals surface area contributed by atoms with Crippen LogP contribution in [0.1, 0.15) is 18.5 Å². The van der Waals surface area contributed by atoms with Gasteiger partial charge in [0.2, 0.25) is 0 Å². The Morgan fingerprint density at radius 2 is 2.11 bits per heavy atom. The molecule has 0 aromatic heterocycles. The zero-order valence-electron chi connectivity index (χ0n) is 11.2. The summed E-state index contributed by atoms with van der Waals surface area (Å²) in [5, 5.41) is 2.95. The molecule has 1 N–H and O–H groups in total. The Hall–Kier alpha value is -1.04. The van der Waals surface area contributed by atoms with Gasteiger partial charge in [0.1, 0.15) is 0 Å². The van der Waals surface area contributed by atoms with Gasteiger partial charge in [-0.2, -0.15) is 0 Å². The van der Waals surface area contributed by atoms with Gasteiger partial charge in [-0.25, -0.2) is 0 Å². The first-order chi connectivity index (χ1) is 9.20. The Morgan fingerprint density at radius 3 is 2.68 bits per heavy atom. The van der Waals surface area contributed by atoms with Gasteiger partial charge in [0.05, 0.1) is 25.9 Å². The minimum Gasteiger partial charge on any atom is -0.376 e. The van der Waals surface area contributed by atoms with Gasteiger partial charge >= 0.3 is 0 Å². The summed E-state index contributed by atoms with van der Waals surface area (Å²) in [7, 11) is 0. The maximum absolute atomic E-state index is 12.0. The van der Waals surface area contributed by atoms with Crippen molar-refractivity contribution >= 4 is 17.7 Å². The third kappa shape index (κ3) is 3.96. The number of carbonyl (C=O) groups is 1. The van der Waals surface area contributed by atoms with Gasteiger partial charge in [-0.15, -0.1) is 11.8 Å². The molecule has 1 amide bonds. The van der Waals surface area contributed by atoms with Crippen molar-refractivity contribution in [3.05, 3.63) is 29.8 Å².